The van der Waals surface area contributed by atoms with Crippen LogP contribution in [-0.2, 0) is 0 Å². The lowest BCUT2D eigenvalue weighted by atomic mass is 9.90. The average molecular weight is 301 g/mol. The van der Waals surface area contributed by atoms with Gasteiger partial charge in [0.05, 0.1) is 6.04 Å². The Balaban J connectivity index is 2.03. The van der Waals surface area contributed by atoms with Gasteiger partial charge in [-0.1, -0.05) is 13.3 Å². The van der Waals surface area contributed by atoms with Crippen molar-refractivity contribution in [2.75, 3.05) is 13.1 Å². The maximum Gasteiger partial charge on any atom is 0.169 e. The molecule has 17 heavy (non-hydrogen) atoms. The minimum Gasteiger partial charge on any atom is -0.453 e. The van der Waals surface area contributed by atoms with Gasteiger partial charge in [0.2, 0.25) is 0 Å². The highest BCUT2D eigenvalue weighted by molar-refractivity contribution is 9.10. The normalized spacial score (nSPS) is 28.2. The van der Waals surface area contributed by atoms with Crippen molar-refractivity contribution in [1.82, 2.24) is 4.90 Å². The molecule has 1 saturated heterocycles. The molecule has 1 aromatic rings. The monoisotopic (exact) mass is 300 g/mol. The van der Waals surface area contributed by atoms with E-state index in [-0.39, 0.29) is 0 Å². The van der Waals surface area contributed by atoms with Gasteiger partial charge >= 0.3 is 0 Å². The first-order chi connectivity index (χ1) is 8.11. The number of hydrogen-bond acceptors (Lipinski definition) is 3. The Bertz CT molecular complexity index is 366. The molecule has 2 heterocycles. The number of nitrogens with two attached hydrogens (primary N) is 1. The molecule has 1 aliphatic rings. The van der Waals surface area contributed by atoms with Gasteiger partial charge in [0.1, 0.15) is 5.76 Å². The van der Waals surface area contributed by atoms with Gasteiger partial charge in [-0.3, -0.25) is 4.90 Å². The first kappa shape index (κ1) is 13.1. The fourth-order valence-electron chi connectivity index (χ4n) is 2.59. The summed E-state index contributed by atoms with van der Waals surface area (Å²) in [7, 11) is 0. The molecule has 2 rings (SSSR count). The average Bonchev–Trinajstić information content (AvgIpc) is 2.75. The summed E-state index contributed by atoms with van der Waals surface area (Å²) in [4.78, 5) is 2.48. The Morgan fingerprint density at radius 2 is 2.35 bits per heavy atom. The molecule has 0 aliphatic carbocycles. The summed E-state index contributed by atoms with van der Waals surface area (Å²) >= 11 is 3.35. The van der Waals surface area contributed by atoms with E-state index in [1.54, 1.807) is 0 Å². The van der Waals surface area contributed by atoms with Crippen molar-refractivity contribution in [3.05, 3.63) is 22.6 Å². The Kier molecular flexibility index (Phi) is 4.28. The van der Waals surface area contributed by atoms with E-state index in [1.165, 1.54) is 0 Å². The second-order valence-electron chi connectivity index (χ2n) is 4.93. The number of furan rings is 1. The van der Waals surface area contributed by atoms with E-state index in [9.17, 15) is 0 Å². The second kappa shape index (κ2) is 5.55. The Morgan fingerprint density at radius 1 is 1.59 bits per heavy atom. The van der Waals surface area contributed by atoms with E-state index in [0.29, 0.717) is 18.0 Å². The number of hydrogen-bond donors (Lipinski definition) is 1. The predicted molar refractivity (Wildman–Crippen MR) is 72.8 cm³/mol. The van der Waals surface area contributed by atoms with Crippen molar-refractivity contribution >= 4 is 15.9 Å². The minimum atomic E-state index is 0.336. The van der Waals surface area contributed by atoms with Crippen molar-refractivity contribution in [1.29, 1.82) is 0 Å². The van der Waals surface area contributed by atoms with E-state index < -0.39 is 0 Å². The lowest BCUT2D eigenvalue weighted by Gasteiger charge is -2.39. The summed E-state index contributed by atoms with van der Waals surface area (Å²) in [6.45, 7) is 6.57. The highest BCUT2D eigenvalue weighted by Crippen LogP contribution is 2.29. The molecule has 0 spiro atoms. The van der Waals surface area contributed by atoms with E-state index in [4.69, 9.17) is 10.2 Å². The van der Waals surface area contributed by atoms with Gasteiger partial charge in [0, 0.05) is 19.1 Å². The van der Waals surface area contributed by atoms with Crippen LogP contribution < -0.4 is 5.73 Å². The molecular formula is C13H21BrN2O. The summed E-state index contributed by atoms with van der Waals surface area (Å²) < 4.78 is 6.44. The largest absolute Gasteiger partial charge is 0.453 e. The zero-order chi connectivity index (χ0) is 12.4. The van der Waals surface area contributed by atoms with Crippen molar-refractivity contribution in [2.45, 2.75) is 38.8 Å². The fourth-order valence-corrected chi connectivity index (χ4v) is 2.91. The molecule has 1 aromatic heterocycles. The van der Waals surface area contributed by atoms with Gasteiger partial charge in [-0.15, -0.1) is 0 Å². The van der Waals surface area contributed by atoms with Gasteiger partial charge in [0.15, 0.2) is 4.67 Å². The summed E-state index contributed by atoms with van der Waals surface area (Å²) in [6, 6.07) is 4.71. The highest BCUT2D eigenvalue weighted by Gasteiger charge is 2.29. The number of rotatable bonds is 3. The van der Waals surface area contributed by atoms with Crippen molar-refractivity contribution in [2.24, 2.45) is 11.7 Å². The second-order valence-corrected chi connectivity index (χ2v) is 5.72. The standard InChI is InChI=1S/C13H21BrN2O/c1-3-10-8-16(7-6-11(10)15)9(2)12-4-5-13(14)17-12/h4-5,9-11H,3,6-8,15H2,1-2H3. The Labute approximate surface area is 111 Å². The lowest BCUT2D eigenvalue weighted by molar-refractivity contribution is 0.103. The van der Waals surface area contributed by atoms with Gasteiger partial charge in [-0.25, -0.2) is 0 Å². The van der Waals surface area contributed by atoms with Crippen LogP contribution >= 0.6 is 15.9 Å². The van der Waals surface area contributed by atoms with Crippen molar-refractivity contribution < 1.29 is 4.42 Å². The Hall–Kier alpha value is -0.320. The zero-order valence-corrected chi connectivity index (χ0v) is 12.1. The van der Waals surface area contributed by atoms with Gasteiger partial charge < -0.3 is 10.2 Å². The SMILES string of the molecule is CCC1CN(C(C)c2ccc(Br)o2)CCC1N. The van der Waals surface area contributed by atoms with Crippen LogP contribution in [0.5, 0.6) is 0 Å². The van der Waals surface area contributed by atoms with Gasteiger partial charge in [0.25, 0.3) is 0 Å². The Morgan fingerprint density at radius 3 is 2.94 bits per heavy atom. The maximum absolute atomic E-state index is 6.14. The molecule has 3 nitrogen and oxygen atoms in total. The number of halogens is 1. The van der Waals surface area contributed by atoms with Crippen LogP contribution in [0, 0.1) is 5.92 Å². The molecular weight excluding hydrogens is 280 g/mol. The molecule has 3 unspecified atom stereocenters. The third-order valence-electron chi connectivity index (χ3n) is 3.90. The number of piperidine rings is 1. The molecule has 0 aromatic carbocycles. The fraction of sp³-hybridized carbons (Fsp3) is 0.692. The molecule has 0 amide bonds. The molecule has 96 valence electrons. The quantitative estimate of drug-likeness (QED) is 0.932. The maximum atomic E-state index is 6.14. The number of nitrogens with zero attached hydrogens (tertiary/aromatic N) is 1. The molecule has 3 atom stereocenters. The smallest absolute Gasteiger partial charge is 0.169 e. The summed E-state index contributed by atoms with van der Waals surface area (Å²) in [6.07, 6.45) is 2.25. The van der Waals surface area contributed by atoms with Crippen LogP contribution in [0.2, 0.25) is 0 Å². The van der Waals surface area contributed by atoms with Crippen LogP contribution in [0.15, 0.2) is 21.2 Å². The van der Waals surface area contributed by atoms with E-state index in [1.807, 2.05) is 12.1 Å². The molecule has 0 saturated carbocycles. The molecule has 1 aliphatic heterocycles. The van der Waals surface area contributed by atoms with Gasteiger partial charge in [-0.2, -0.15) is 0 Å². The van der Waals surface area contributed by atoms with Crippen LogP contribution in [0.1, 0.15) is 38.5 Å². The topological polar surface area (TPSA) is 42.4 Å². The van der Waals surface area contributed by atoms with Crippen molar-refractivity contribution in [3.63, 3.8) is 0 Å². The molecule has 0 radical (unpaired) electrons. The minimum absolute atomic E-state index is 0.336. The van der Waals surface area contributed by atoms with E-state index in [2.05, 4.69) is 34.7 Å². The molecule has 2 N–H and O–H groups in total. The first-order valence-electron chi connectivity index (χ1n) is 6.36. The molecule has 4 heteroatoms. The van der Waals surface area contributed by atoms with Crippen LogP contribution in [-0.4, -0.2) is 24.0 Å². The van der Waals surface area contributed by atoms with Gasteiger partial charge in [-0.05, 0) is 47.3 Å². The van der Waals surface area contributed by atoms with Crippen LogP contribution in [0.3, 0.4) is 0 Å². The van der Waals surface area contributed by atoms with Crippen LogP contribution in [0.4, 0.5) is 0 Å². The molecule has 0 bridgehead atoms. The van der Waals surface area contributed by atoms with E-state index >= 15 is 0 Å². The van der Waals surface area contributed by atoms with E-state index in [0.717, 1.165) is 36.4 Å². The predicted octanol–water partition coefficient (Wildman–Crippen LogP) is 3.16. The zero-order valence-electron chi connectivity index (χ0n) is 10.5. The number of likely N-dealkylation sites (tertiary alicyclic amines) is 1. The third kappa shape index (κ3) is 2.92. The lowest BCUT2D eigenvalue weighted by Crippen LogP contribution is -2.47. The highest BCUT2D eigenvalue weighted by atomic mass is 79.9. The van der Waals surface area contributed by atoms with Crippen molar-refractivity contribution in [3.8, 4) is 0 Å². The first-order valence-corrected chi connectivity index (χ1v) is 7.16. The third-order valence-corrected chi connectivity index (χ3v) is 4.33. The summed E-state index contributed by atoms with van der Waals surface area (Å²) in [5.74, 6) is 1.65. The summed E-state index contributed by atoms with van der Waals surface area (Å²) in [5, 5.41) is 0. The molecule has 1 fully saturated rings. The summed E-state index contributed by atoms with van der Waals surface area (Å²) in [5.41, 5.74) is 6.14. The van der Waals surface area contributed by atoms with Crippen LogP contribution in [0.25, 0.3) is 0 Å².